The molecule has 0 unspecified atom stereocenters. The van der Waals surface area contributed by atoms with Gasteiger partial charge < -0.3 is 15.4 Å². The van der Waals surface area contributed by atoms with Gasteiger partial charge in [-0.1, -0.05) is 36.4 Å². The standard InChI is InChI=1S/C20H22N2O3/c23-18-12-14(9-10-21-18)20(24)22-17-6-3-11-25-19-15-5-2-1-4-13(15)7-8-16(17)19/h1-2,4-5,7-8,14,17H,3,6,9-12H2,(H,21,23)(H,22,24)/t14-,17-/m0/s1. The molecule has 0 aromatic heterocycles. The maximum Gasteiger partial charge on any atom is 0.224 e. The van der Waals surface area contributed by atoms with Gasteiger partial charge in [0.15, 0.2) is 0 Å². The van der Waals surface area contributed by atoms with E-state index >= 15 is 0 Å². The predicted molar refractivity (Wildman–Crippen MR) is 95.3 cm³/mol. The molecule has 5 nitrogen and oxygen atoms in total. The second-order valence-corrected chi connectivity index (χ2v) is 6.80. The lowest BCUT2D eigenvalue weighted by molar-refractivity contribution is -0.132. The molecule has 0 bridgehead atoms. The average molecular weight is 338 g/mol. The van der Waals surface area contributed by atoms with Gasteiger partial charge in [-0.25, -0.2) is 0 Å². The molecule has 2 atom stereocenters. The van der Waals surface area contributed by atoms with Crippen LogP contribution in [0.15, 0.2) is 36.4 Å². The molecule has 0 radical (unpaired) electrons. The van der Waals surface area contributed by atoms with Crippen molar-refractivity contribution in [1.82, 2.24) is 10.6 Å². The molecule has 2 heterocycles. The quantitative estimate of drug-likeness (QED) is 0.885. The topological polar surface area (TPSA) is 67.4 Å². The van der Waals surface area contributed by atoms with Crippen molar-refractivity contribution in [3.63, 3.8) is 0 Å². The molecule has 2 aromatic carbocycles. The summed E-state index contributed by atoms with van der Waals surface area (Å²) < 4.78 is 6.02. The number of nitrogens with one attached hydrogen (secondary N) is 2. The number of fused-ring (bicyclic) bond motifs is 3. The van der Waals surface area contributed by atoms with E-state index < -0.39 is 0 Å². The predicted octanol–water partition coefficient (Wildman–Crippen LogP) is 2.70. The van der Waals surface area contributed by atoms with Gasteiger partial charge in [-0.15, -0.1) is 0 Å². The minimum absolute atomic E-state index is 0.0270. The summed E-state index contributed by atoms with van der Waals surface area (Å²) >= 11 is 0. The Balaban J connectivity index is 1.62. The maximum absolute atomic E-state index is 12.7. The number of piperidine rings is 1. The molecular weight excluding hydrogens is 316 g/mol. The van der Waals surface area contributed by atoms with Crippen molar-refractivity contribution < 1.29 is 14.3 Å². The molecule has 2 aliphatic rings. The van der Waals surface area contributed by atoms with Crippen LogP contribution in [0.3, 0.4) is 0 Å². The first-order chi connectivity index (χ1) is 12.2. The van der Waals surface area contributed by atoms with Crippen LogP contribution in [0.5, 0.6) is 5.75 Å². The van der Waals surface area contributed by atoms with Gasteiger partial charge in [0.05, 0.1) is 12.6 Å². The summed E-state index contributed by atoms with van der Waals surface area (Å²) in [6.45, 7) is 1.23. The van der Waals surface area contributed by atoms with Gasteiger partial charge in [-0.05, 0) is 24.6 Å². The Hall–Kier alpha value is -2.56. The Labute approximate surface area is 146 Å². The minimum atomic E-state index is -0.234. The number of ether oxygens (including phenoxy) is 1. The lowest BCUT2D eigenvalue weighted by Crippen LogP contribution is -2.42. The second-order valence-electron chi connectivity index (χ2n) is 6.80. The highest BCUT2D eigenvalue weighted by molar-refractivity contribution is 5.90. The number of carbonyl (C=O) groups is 2. The summed E-state index contributed by atoms with van der Waals surface area (Å²) in [5, 5.41) is 8.17. The van der Waals surface area contributed by atoms with Crippen LogP contribution in [0.25, 0.3) is 10.8 Å². The summed E-state index contributed by atoms with van der Waals surface area (Å²) in [5.74, 6) is 0.576. The molecule has 1 fully saturated rings. The van der Waals surface area contributed by atoms with Crippen LogP contribution in [0.2, 0.25) is 0 Å². The lowest BCUT2D eigenvalue weighted by atomic mass is 9.94. The third-order valence-electron chi connectivity index (χ3n) is 5.10. The molecule has 5 heteroatoms. The normalized spacial score (nSPS) is 23.1. The van der Waals surface area contributed by atoms with Crippen LogP contribution >= 0.6 is 0 Å². The Morgan fingerprint density at radius 1 is 1.16 bits per heavy atom. The zero-order valence-corrected chi connectivity index (χ0v) is 14.1. The fourth-order valence-electron chi connectivity index (χ4n) is 3.76. The highest BCUT2D eigenvalue weighted by atomic mass is 16.5. The van der Waals surface area contributed by atoms with E-state index in [9.17, 15) is 9.59 Å². The molecule has 2 amide bonds. The largest absolute Gasteiger partial charge is 0.493 e. The monoisotopic (exact) mass is 338 g/mol. The summed E-state index contributed by atoms with van der Waals surface area (Å²) in [4.78, 5) is 24.2. The van der Waals surface area contributed by atoms with Crippen molar-refractivity contribution in [1.29, 1.82) is 0 Å². The average Bonchev–Trinajstić information content (AvgIpc) is 2.84. The number of benzene rings is 2. The zero-order chi connectivity index (χ0) is 17.2. The molecule has 1 saturated heterocycles. The summed E-state index contributed by atoms with van der Waals surface area (Å²) in [6, 6.07) is 12.2. The SMILES string of the molecule is O=C1C[C@@H](C(=O)N[C@H]2CCCOc3c2ccc2ccccc32)CCN1. The van der Waals surface area contributed by atoms with Crippen LogP contribution in [0.4, 0.5) is 0 Å². The van der Waals surface area contributed by atoms with Gasteiger partial charge in [-0.3, -0.25) is 9.59 Å². The van der Waals surface area contributed by atoms with E-state index in [0.717, 1.165) is 34.9 Å². The smallest absolute Gasteiger partial charge is 0.224 e. The number of hydrogen-bond acceptors (Lipinski definition) is 3. The summed E-state index contributed by atoms with van der Waals surface area (Å²) in [6.07, 6.45) is 2.71. The first-order valence-corrected chi connectivity index (χ1v) is 8.94. The molecule has 2 aromatic rings. The van der Waals surface area contributed by atoms with E-state index in [1.807, 2.05) is 12.1 Å². The van der Waals surface area contributed by atoms with E-state index in [1.165, 1.54) is 0 Å². The molecule has 25 heavy (non-hydrogen) atoms. The molecule has 2 aliphatic heterocycles. The zero-order valence-electron chi connectivity index (χ0n) is 14.1. The van der Waals surface area contributed by atoms with Crippen molar-refractivity contribution >= 4 is 22.6 Å². The van der Waals surface area contributed by atoms with Crippen LogP contribution in [0.1, 0.15) is 37.3 Å². The molecule has 4 rings (SSSR count). The fourth-order valence-corrected chi connectivity index (χ4v) is 3.76. The minimum Gasteiger partial charge on any atom is -0.493 e. The van der Waals surface area contributed by atoms with Crippen LogP contribution in [-0.2, 0) is 9.59 Å². The Bertz CT molecular complexity index is 818. The third-order valence-corrected chi connectivity index (χ3v) is 5.10. The van der Waals surface area contributed by atoms with Gasteiger partial charge >= 0.3 is 0 Å². The first kappa shape index (κ1) is 15.9. The van der Waals surface area contributed by atoms with Gasteiger partial charge in [0.2, 0.25) is 11.8 Å². The lowest BCUT2D eigenvalue weighted by Gasteiger charge is -2.25. The number of hydrogen-bond donors (Lipinski definition) is 2. The molecule has 0 aliphatic carbocycles. The Kier molecular flexibility index (Phi) is 4.30. The van der Waals surface area contributed by atoms with Crippen LogP contribution < -0.4 is 15.4 Å². The third kappa shape index (κ3) is 3.18. The molecular formula is C20H22N2O3. The van der Waals surface area contributed by atoms with Crippen molar-refractivity contribution in [3.05, 3.63) is 42.0 Å². The summed E-state index contributed by atoms with van der Waals surface area (Å²) in [7, 11) is 0. The van der Waals surface area contributed by atoms with E-state index in [2.05, 4.69) is 34.9 Å². The summed E-state index contributed by atoms with van der Waals surface area (Å²) in [5.41, 5.74) is 1.03. The second kappa shape index (κ2) is 6.75. The van der Waals surface area contributed by atoms with Crippen molar-refractivity contribution in [2.24, 2.45) is 5.92 Å². The highest BCUT2D eigenvalue weighted by Crippen LogP contribution is 2.37. The van der Waals surface area contributed by atoms with Crippen molar-refractivity contribution in [3.8, 4) is 5.75 Å². The Morgan fingerprint density at radius 3 is 2.92 bits per heavy atom. The number of rotatable bonds is 2. The molecule has 130 valence electrons. The van der Waals surface area contributed by atoms with E-state index in [-0.39, 0.29) is 30.2 Å². The Morgan fingerprint density at radius 2 is 2.04 bits per heavy atom. The maximum atomic E-state index is 12.7. The first-order valence-electron chi connectivity index (χ1n) is 8.94. The van der Waals surface area contributed by atoms with E-state index in [4.69, 9.17) is 4.74 Å². The number of amides is 2. The van der Waals surface area contributed by atoms with Crippen LogP contribution in [0, 0.1) is 5.92 Å². The van der Waals surface area contributed by atoms with Crippen LogP contribution in [-0.4, -0.2) is 25.0 Å². The van der Waals surface area contributed by atoms with Gasteiger partial charge in [0.25, 0.3) is 0 Å². The van der Waals surface area contributed by atoms with Gasteiger partial charge in [0, 0.05) is 29.8 Å². The van der Waals surface area contributed by atoms with E-state index in [0.29, 0.717) is 19.6 Å². The fraction of sp³-hybridized carbons (Fsp3) is 0.400. The van der Waals surface area contributed by atoms with Gasteiger partial charge in [-0.2, -0.15) is 0 Å². The van der Waals surface area contributed by atoms with E-state index in [1.54, 1.807) is 0 Å². The molecule has 0 saturated carbocycles. The highest BCUT2D eigenvalue weighted by Gasteiger charge is 2.29. The van der Waals surface area contributed by atoms with Crippen molar-refractivity contribution in [2.45, 2.75) is 31.7 Å². The number of carbonyl (C=O) groups excluding carboxylic acids is 2. The van der Waals surface area contributed by atoms with Gasteiger partial charge in [0.1, 0.15) is 5.75 Å². The van der Waals surface area contributed by atoms with Crippen molar-refractivity contribution in [2.75, 3.05) is 13.2 Å². The molecule has 0 spiro atoms. The molecule has 2 N–H and O–H groups in total.